The van der Waals surface area contributed by atoms with Crippen LogP contribution in [0.1, 0.15) is 16.7 Å². The summed E-state index contributed by atoms with van der Waals surface area (Å²) in [6.07, 6.45) is 5.21. The molecule has 0 saturated carbocycles. The summed E-state index contributed by atoms with van der Waals surface area (Å²) >= 11 is 2.00. The van der Waals surface area contributed by atoms with Crippen LogP contribution >= 0.6 is 11.8 Å². The highest BCUT2D eigenvalue weighted by molar-refractivity contribution is 7.98. The molecule has 0 radical (unpaired) electrons. The fourth-order valence-electron chi connectivity index (χ4n) is 1.72. The summed E-state index contributed by atoms with van der Waals surface area (Å²) in [5.74, 6) is 2.40. The lowest BCUT2D eigenvalue weighted by molar-refractivity contribution is 0.796. The molecule has 2 nitrogen and oxygen atoms in total. The minimum atomic E-state index is 0.945. The Kier molecular flexibility index (Phi) is 2.86. The zero-order valence-electron chi connectivity index (χ0n) is 7.84. The first-order chi connectivity index (χ1) is 6.42. The maximum atomic E-state index is 4.26. The standard InChI is InChI=1S/C10H14N2S/c1-11-4-8-5-12-6-9-7-13-3-2-10(8)9/h5-6,11H,2-4,7H2,1H3. The predicted molar refractivity (Wildman–Crippen MR) is 56.9 cm³/mol. The summed E-state index contributed by atoms with van der Waals surface area (Å²) in [5.41, 5.74) is 4.34. The van der Waals surface area contributed by atoms with Crippen molar-refractivity contribution in [2.24, 2.45) is 0 Å². The summed E-state index contributed by atoms with van der Waals surface area (Å²) < 4.78 is 0. The van der Waals surface area contributed by atoms with Crippen LogP contribution in [0.3, 0.4) is 0 Å². The Balaban J connectivity index is 2.34. The first-order valence-electron chi connectivity index (χ1n) is 4.59. The van der Waals surface area contributed by atoms with E-state index < -0.39 is 0 Å². The molecule has 1 aliphatic heterocycles. The average molecular weight is 194 g/mol. The van der Waals surface area contributed by atoms with Crippen LogP contribution in [0.5, 0.6) is 0 Å². The molecule has 1 N–H and O–H groups in total. The number of pyridine rings is 1. The molecule has 70 valence electrons. The van der Waals surface area contributed by atoms with Gasteiger partial charge in [-0.25, -0.2) is 0 Å². The van der Waals surface area contributed by atoms with Crippen molar-refractivity contribution < 1.29 is 0 Å². The van der Waals surface area contributed by atoms with Crippen LogP contribution in [0.25, 0.3) is 0 Å². The second-order valence-corrected chi connectivity index (χ2v) is 4.37. The van der Waals surface area contributed by atoms with Crippen molar-refractivity contribution in [2.75, 3.05) is 12.8 Å². The molecule has 0 aromatic carbocycles. The van der Waals surface area contributed by atoms with Crippen molar-refractivity contribution in [1.82, 2.24) is 10.3 Å². The van der Waals surface area contributed by atoms with Gasteiger partial charge in [-0.05, 0) is 35.9 Å². The molecule has 0 aliphatic carbocycles. The summed E-state index contributed by atoms with van der Waals surface area (Å²) in [5, 5.41) is 3.19. The number of nitrogens with zero attached hydrogens (tertiary/aromatic N) is 1. The monoisotopic (exact) mass is 194 g/mol. The van der Waals surface area contributed by atoms with Gasteiger partial charge >= 0.3 is 0 Å². The molecule has 0 saturated heterocycles. The van der Waals surface area contributed by atoms with Crippen LogP contribution in [0.4, 0.5) is 0 Å². The van der Waals surface area contributed by atoms with Gasteiger partial charge in [0.05, 0.1) is 0 Å². The highest BCUT2D eigenvalue weighted by Gasteiger charge is 2.12. The number of thioether (sulfide) groups is 1. The first-order valence-corrected chi connectivity index (χ1v) is 5.74. The lowest BCUT2D eigenvalue weighted by Crippen LogP contribution is -2.12. The van der Waals surface area contributed by atoms with Gasteiger partial charge in [-0.2, -0.15) is 11.8 Å². The number of fused-ring (bicyclic) bond motifs is 1. The van der Waals surface area contributed by atoms with Crippen LogP contribution in [0.2, 0.25) is 0 Å². The van der Waals surface area contributed by atoms with Crippen molar-refractivity contribution >= 4 is 11.8 Å². The number of hydrogen-bond donors (Lipinski definition) is 1. The Morgan fingerprint density at radius 2 is 2.46 bits per heavy atom. The van der Waals surface area contributed by atoms with Gasteiger partial charge in [0.15, 0.2) is 0 Å². The van der Waals surface area contributed by atoms with Gasteiger partial charge in [-0.1, -0.05) is 0 Å². The van der Waals surface area contributed by atoms with Crippen LogP contribution in [-0.2, 0) is 18.7 Å². The van der Waals surface area contributed by atoms with Crippen molar-refractivity contribution in [3.05, 3.63) is 29.1 Å². The van der Waals surface area contributed by atoms with E-state index in [-0.39, 0.29) is 0 Å². The van der Waals surface area contributed by atoms with Crippen LogP contribution < -0.4 is 5.32 Å². The number of rotatable bonds is 2. The molecule has 0 unspecified atom stereocenters. The molecule has 1 aliphatic rings. The molecule has 1 aromatic rings. The zero-order chi connectivity index (χ0) is 9.10. The largest absolute Gasteiger partial charge is 0.316 e. The minimum Gasteiger partial charge on any atom is -0.316 e. The van der Waals surface area contributed by atoms with E-state index in [1.54, 1.807) is 0 Å². The normalized spacial score (nSPS) is 15.5. The van der Waals surface area contributed by atoms with E-state index in [2.05, 4.69) is 10.3 Å². The van der Waals surface area contributed by atoms with Gasteiger partial charge in [0.1, 0.15) is 0 Å². The van der Waals surface area contributed by atoms with Gasteiger partial charge < -0.3 is 5.32 Å². The third-order valence-electron chi connectivity index (χ3n) is 2.36. The molecule has 2 heterocycles. The fraction of sp³-hybridized carbons (Fsp3) is 0.500. The SMILES string of the molecule is CNCc1cncc2c1CCSC2. The maximum absolute atomic E-state index is 4.26. The third kappa shape index (κ3) is 1.86. The number of aromatic nitrogens is 1. The topological polar surface area (TPSA) is 24.9 Å². The molecule has 2 rings (SSSR count). The van der Waals surface area contributed by atoms with E-state index in [4.69, 9.17) is 0 Å². The number of nitrogens with one attached hydrogen (secondary N) is 1. The molecule has 0 bridgehead atoms. The Bertz CT molecular complexity index is 299. The maximum Gasteiger partial charge on any atom is 0.0315 e. The van der Waals surface area contributed by atoms with Crippen molar-refractivity contribution in [2.45, 2.75) is 18.7 Å². The lowest BCUT2D eigenvalue weighted by Gasteiger charge is -2.18. The summed E-state index contributed by atoms with van der Waals surface area (Å²) in [6.45, 7) is 0.945. The molecule has 0 spiro atoms. The minimum absolute atomic E-state index is 0.945. The Morgan fingerprint density at radius 1 is 1.54 bits per heavy atom. The smallest absolute Gasteiger partial charge is 0.0315 e. The van der Waals surface area contributed by atoms with E-state index in [0.717, 1.165) is 12.3 Å². The molecular formula is C10H14N2S. The van der Waals surface area contributed by atoms with E-state index in [9.17, 15) is 0 Å². The highest BCUT2D eigenvalue weighted by atomic mass is 32.2. The van der Waals surface area contributed by atoms with Gasteiger partial charge in [0, 0.05) is 24.7 Å². The van der Waals surface area contributed by atoms with Crippen molar-refractivity contribution in [3.63, 3.8) is 0 Å². The van der Waals surface area contributed by atoms with Crippen LogP contribution in [0.15, 0.2) is 12.4 Å². The van der Waals surface area contributed by atoms with Gasteiger partial charge in [0.25, 0.3) is 0 Å². The summed E-state index contributed by atoms with van der Waals surface area (Å²) in [4.78, 5) is 4.26. The Morgan fingerprint density at radius 3 is 3.31 bits per heavy atom. The third-order valence-corrected chi connectivity index (χ3v) is 3.37. The quantitative estimate of drug-likeness (QED) is 0.774. The first kappa shape index (κ1) is 9.03. The highest BCUT2D eigenvalue weighted by Crippen LogP contribution is 2.25. The van der Waals surface area contributed by atoms with E-state index in [1.165, 1.54) is 28.9 Å². The van der Waals surface area contributed by atoms with Gasteiger partial charge in [-0.15, -0.1) is 0 Å². The predicted octanol–water partition coefficient (Wildman–Crippen LogP) is 1.59. The molecular weight excluding hydrogens is 180 g/mol. The fourth-order valence-corrected chi connectivity index (χ4v) is 2.69. The van der Waals surface area contributed by atoms with E-state index in [0.29, 0.717) is 0 Å². The molecule has 3 heteroatoms. The average Bonchev–Trinajstić information content (AvgIpc) is 2.19. The second-order valence-electron chi connectivity index (χ2n) is 3.27. The lowest BCUT2D eigenvalue weighted by atomic mass is 10.0. The van der Waals surface area contributed by atoms with Crippen molar-refractivity contribution in [3.8, 4) is 0 Å². The van der Waals surface area contributed by atoms with E-state index >= 15 is 0 Å². The Hall–Kier alpha value is -0.540. The van der Waals surface area contributed by atoms with E-state index in [1.807, 2.05) is 31.2 Å². The van der Waals surface area contributed by atoms with Crippen molar-refractivity contribution in [1.29, 1.82) is 0 Å². The molecule has 13 heavy (non-hydrogen) atoms. The van der Waals surface area contributed by atoms with Gasteiger partial charge in [0.2, 0.25) is 0 Å². The second kappa shape index (κ2) is 4.11. The van der Waals surface area contributed by atoms with Crippen LogP contribution in [-0.4, -0.2) is 17.8 Å². The molecule has 0 amide bonds. The molecule has 1 aromatic heterocycles. The van der Waals surface area contributed by atoms with Gasteiger partial charge in [-0.3, -0.25) is 4.98 Å². The van der Waals surface area contributed by atoms with Crippen LogP contribution in [0, 0.1) is 0 Å². The number of hydrogen-bond acceptors (Lipinski definition) is 3. The zero-order valence-corrected chi connectivity index (χ0v) is 8.66. The molecule has 0 atom stereocenters. The Labute approximate surface area is 83.1 Å². The molecule has 0 fully saturated rings. The summed E-state index contributed by atoms with van der Waals surface area (Å²) in [6, 6.07) is 0. The summed E-state index contributed by atoms with van der Waals surface area (Å²) in [7, 11) is 1.98.